The van der Waals surface area contributed by atoms with Crippen LogP contribution in [0.2, 0.25) is 0 Å². The molecule has 5 nitrogen and oxygen atoms in total. The van der Waals surface area contributed by atoms with Gasteiger partial charge in [-0.15, -0.1) is 0 Å². The summed E-state index contributed by atoms with van der Waals surface area (Å²) in [6.07, 6.45) is 2.80. The van der Waals surface area contributed by atoms with Crippen LogP contribution in [0.4, 0.5) is 17.5 Å². The van der Waals surface area contributed by atoms with Gasteiger partial charge >= 0.3 is 0 Å². The minimum Gasteiger partial charge on any atom is -0.364 e. The zero-order valence-corrected chi connectivity index (χ0v) is 16.9. The van der Waals surface area contributed by atoms with Gasteiger partial charge in [-0.2, -0.15) is 4.98 Å². The van der Waals surface area contributed by atoms with E-state index in [2.05, 4.69) is 58.5 Å². The van der Waals surface area contributed by atoms with Crippen LogP contribution in [-0.4, -0.2) is 21.0 Å². The summed E-state index contributed by atoms with van der Waals surface area (Å²) in [5.74, 6) is 1.51. The van der Waals surface area contributed by atoms with Gasteiger partial charge in [-0.05, 0) is 37.1 Å². The Bertz CT molecular complexity index is 1140. The predicted molar refractivity (Wildman–Crippen MR) is 121 cm³/mol. The summed E-state index contributed by atoms with van der Waals surface area (Å²) in [5.41, 5.74) is 5.47. The van der Waals surface area contributed by atoms with Crippen molar-refractivity contribution >= 4 is 17.5 Å². The first-order chi connectivity index (χ1) is 14.8. The SMILES string of the molecule is CC1Cc2ccccc2N1c1nc(NCc2ccccn2)cc(-c2ccccc2)n1. The quantitative estimate of drug-likeness (QED) is 0.503. The van der Waals surface area contributed by atoms with Crippen LogP contribution in [0.15, 0.2) is 85.1 Å². The molecule has 0 bridgehead atoms. The molecule has 0 aliphatic carbocycles. The number of anilines is 3. The zero-order chi connectivity index (χ0) is 20.3. The van der Waals surface area contributed by atoms with Gasteiger partial charge < -0.3 is 10.2 Å². The van der Waals surface area contributed by atoms with E-state index in [0.29, 0.717) is 12.6 Å². The van der Waals surface area contributed by atoms with Crippen molar-refractivity contribution in [1.82, 2.24) is 15.0 Å². The van der Waals surface area contributed by atoms with E-state index in [1.165, 1.54) is 11.3 Å². The van der Waals surface area contributed by atoms with Crippen molar-refractivity contribution in [3.05, 3.63) is 96.3 Å². The van der Waals surface area contributed by atoms with E-state index in [1.807, 2.05) is 42.5 Å². The van der Waals surface area contributed by atoms with Crippen LogP contribution in [0.3, 0.4) is 0 Å². The molecule has 4 aromatic rings. The second-order valence-corrected chi connectivity index (χ2v) is 7.53. The lowest BCUT2D eigenvalue weighted by Crippen LogP contribution is -2.26. The van der Waals surface area contributed by atoms with Gasteiger partial charge in [0.2, 0.25) is 5.95 Å². The molecule has 2 aromatic heterocycles. The van der Waals surface area contributed by atoms with E-state index in [-0.39, 0.29) is 0 Å². The first-order valence-corrected chi connectivity index (χ1v) is 10.2. The minimum atomic E-state index is 0.303. The lowest BCUT2D eigenvalue weighted by Gasteiger charge is -2.24. The highest BCUT2D eigenvalue weighted by Crippen LogP contribution is 2.37. The summed E-state index contributed by atoms with van der Waals surface area (Å²) in [7, 11) is 0. The summed E-state index contributed by atoms with van der Waals surface area (Å²) in [6.45, 7) is 2.83. The highest BCUT2D eigenvalue weighted by Gasteiger charge is 2.29. The molecule has 30 heavy (non-hydrogen) atoms. The summed E-state index contributed by atoms with van der Waals surface area (Å²) in [6, 6.07) is 27.0. The van der Waals surface area contributed by atoms with Gasteiger partial charge in [-0.1, -0.05) is 54.6 Å². The van der Waals surface area contributed by atoms with Crippen molar-refractivity contribution in [1.29, 1.82) is 0 Å². The molecule has 1 aliphatic rings. The number of hydrogen-bond donors (Lipinski definition) is 1. The van der Waals surface area contributed by atoms with Crippen LogP contribution in [0, 0.1) is 0 Å². The highest BCUT2D eigenvalue weighted by molar-refractivity contribution is 5.71. The molecule has 0 radical (unpaired) electrons. The summed E-state index contributed by atoms with van der Waals surface area (Å²) < 4.78 is 0. The fourth-order valence-corrected chi connectivity index (χ4v) is 3.94. The molecule has 2 aromatic carbocycles. The molecule has 3 heterocycles. The molecule has 1 N–H and O–H groups in total. The number of rotatable bonds is 5. The van der Waals surface area contributed by atoms with E-state index >= 15 is 0 Å². The normalized spacial score (nSPS) is 15.1. The number of benzene rings is 2. The smallest absolute Gasteiger partial charge is 0.232 e. The van der Waals surface area contributed by atoms with E-state index in [0.717, 1.165) is 35.1 Å². The summed E-state index contributed by atoms with van der Waals surface area (Å²) >= 11 is 0. The average Bonchev–Trinajstić information content (AvgIpc) is 3.14. The Morgan fingerprint density at radius 3 is 2.57 bits per heavy atom. The standard InChI is InChI=1S/C25H23N5/c1-18-15-20-11-5-6-13-23(20)30(18)25-28-22(19-9-3-2-4-10-19)16-24(29-25)27-17-21-12-7-8-14-26-21/h2-14,16,18H,15,17H2,1H3,(H,27,28,29). The maximum Gasteiger partial charge on any atom is 0.232 e. The predicted octanol–water partition coefficient (Wildman–Crippen LogP) is 5.23. The summed E-state index contributed by atoms with van der Waals surface area (Å²) in [5, 5.41) is 3.43. The zero-order valence-electron chi connectivity index (χ0n) is 16.9. The van der Waals surface area contributed by atoms with Crippen molar-refractivity contribution in [3.8, 4) is 11.3 Å². The molecule has 0 spiro atoms. The first kappa shape index (κ1) is 18.3. The Kier molecular flexibility index (Phi) is 4.85. The average molecular weight is 393 g/mol. The van der Waals surface area contributed by atoms with Crippen molar-refractivity contribution in [2.45, 2.75) is 25.9 Å². The topological polar surface area (TPSA) is 53.9 Å². The van der Waals surface area contributed by atoms with Gasteiger partial charge in [0.1, 0.15) is 5.82 Å². The Morgan fingerprint density at radius 1 is 0.933 bits per heavy atom. The monoisotopic (exact) mass is 393 g/mol. The fourth-order valence-electron chi connectivity index (χ4n) is 3.94. The lowest BCUT2D eigenvalue weighted by atomic mass is 10.1. The number of para-hydroxylation sites is 1. The Morgan fingerprint density at radius 2 is 1.73 bits per heavy atom. The first-order valence-electron chi connectivity index (χ1n) is 10.2. The van der Waals surface area contributed by atoms with Gasteiger partial charge in [0, 0.05) is 29.6 Å². The largest absolute Gasteiger partial charge is 0.364 e. The molecule has 5 rings (SSSR count). The second kappa shape index (κ2) is 7.95. The molecular weight excluding hydrogens is 370 g/mol. The maximum absolute atomic E-state index is 4.95. The second-order valence-electron chi connectivity index (χ2n) is 7.53. The molecular formula is C25H23N5. The van der Waals surface area contributed by atoms with Gasteiger partial charge in [-0.3, -0.25) is 4.98 Å². The number of nitrogens with one attached hydrogen (secondary N) is 1. The van der Waals surface area contributed by atoms with E-state index in [9.17, 15) is 0 Å². The van der Waals surface area contributed by atoms with E-state index in [1.54, 1.807) is 6.20 Å². The molecule has 0 saturated heterocycles. The Hall–Kier alpha value is -3.73. The number of pyridine rings is 1. The molecule has 0 amide bonds. The Labute approximate surface area is 176 Å². The van der Waals surface area contributed by atoms with Crippen molar-refractivity contribution in [2.75, 3.05) is 10.2 Å². The molecule has 1 atom stereocenters. The van der Waals surface area contributed by atoms with Gasteiger partial charge in [0.05, 0.1) is 17.9 Å². The number of hydrogen-bond acceptors (Lipinski definition) is 5. The number of nitrogens with zero attached hydrogens (tertiary/aromatic N) is 4. The molecule has 5 heteroatoms. The van der Waals surface area contributed by atoms with Crippen LogP contribution in [-0.2, 0) is 13.0 Å². The van der Waals surface area contributed by atoms with E-state index in [4.69, 9.17) is 9.97 Å². The van der Waals surface area contributed by atoms with E-state index < -0.39 is 0 Å². The van der Waals surface area contributed by atoms with Crippen molar-refractivity contribution in [3.63, 3.8) is 0 Å². The number of aromatic nitrogens is 3. The van der Waals surface area contributed by atoms with Crippen LogP contribution in [0.1, 0.15) is 18.2 Å². The molecule has 0 saturated carbocycles. The van der Waals surface area contributed by atoms with Crippen molar-refractivity contribution in [2.24, 2.45) is 0 Å². The Balaban J connectivity index is 1.55. The van der Waals surface area contributed by atoms with Crippen LogP contribution in [0.5, 0.6) is 0 Å². The third-order valence-corrected chi connectivity index (χ3v) is 5.38. The number of fused-ring (bicyclic) bond motifs is 1. The van der Waals surface area contributed by atoms with Gasteiger partial charge in [0.15, 0.2) is 0 Å². The molecule has 1 aliphatic heterocycles. The molecule has 148 valence electrons. The van der Waals surface area contributed by atoms with Crippen LogP contribution < -0.4 is 10.2 Å². The van der Waals surface area contributed by atoms with Crippen molar-refractivity contribution < 1.29 is 0 Å². The van der Waals surface area contributed by atoms with Gasteiger partial charge in [0.25, 0.3) is 0 Å². The fraction of sp³-hybridized carbons (Fsp3) is 0.160. The van der Waals surface area contributed by atoms with Crippen LogP contribution in [0.25, 0.3) is 11.3 Å². The lowest BCUT2D eigenvalue weighted by molar-refractivity contribution is 0.740. The third-order valence-electron chi connectivity index (χ3n) is 5.38. The molecule has 1 unspecified atom stereocenters. The molecule has 0 fully saturated rings. The third kappa shape index (κ3) is 3.62. The highest BCUT2D eigenvalue weighted by atomic mass is 15.3. The van der Waals surface area contributed by atoms with Crippen LogP contribution >= 0.6 is 0 Å². The van der Waals surface area contributed by atoms with Gasteiger partial charge in [-0.25, -0.2) is 4.98 Å². The summed E-state index contributed by atoms with van der Waals surface area (Å²) in [4.78, 5) is 16.5. The minimum absolute atomic E-state index is 0.303. The maximum atomic E-state index is 4.95.